The van der Waals surface area contributed by atoms with Crippen molar-refractivity contribution in [3.8, 4) is 16.9 Å². The van der Waals surface area contributed by atoms with Gasteiger partial charge >= 0.3 is 5.97 Å². The van der Waals surface area contributed by atoms with Crippen LogP contribution in [0.5, 0.6) is 5.75 Å². The molecule has 8 nitrogen and oxygen atoms in total. The first kappa shape index (κ1) is 37.1. The number of aromatic nitrogens is 3. The summed E-state index contributed by atoms with van der Waals surface area (Å²) >= 11 is 7.32. The van der Waals surface area contributed by atoms with E-state index in [-0.39, 0.29) is 24.4 Å². The minimum atomic E-state index is -0.352. The molecule has 280 valence electrons. The summed E-state index contributed by atoms with van der Waals surface area (Å²) in [5.74, 6) is 0.710. The van der Waals surface area contributed by atoms with E-state index in [1.165, 1.54) is 12.1 Å². The van der Waals surface area contributed by atoms with E-state index < -0.39 is 0 Å². The van der Waals surface area contributed by atoms with E-state index in [0.717, 1.165) is 102 Å². The highest BCUT2D eigenvalue weighted by atomic mass is 35.5. The standard InChI is InChI=1S/C43H50ClFN4O4/c1-5-35-39-38-34(44)18-17-33-32(12-10-24-53-37-13-9-11-29-27-30(45)15-16-31(29)37)42(43(50)52-6-2)49(41(33)38)23-8-7-22-47(3)36(40(39)46-48(35)4)19-14-28-20-25-51-26-21-28/h7-9,11,13,15-18,27-28,36H,5-6,10,12,14,19-26H2,1-4H3/b8-7-. The fourth-order valence-corrected chi connectivity index (χ4v) is 8.66. The fourth-order valence-electron chi connectivity index (χ4n) is 8.42. The van der Waals surface area contributed by atoms with E-state index in [9.17, 15) is 9.18 Å². The number of carbonyl (C=O) groups is 1. The van der Waals surface area contributed by atoms with E-state index in [2.05, 4.69) is 41.7 Å². The lowest BCUT2D eigenvalue weighted by Crippen LogP contribution is -2.27. The van der Waals surface area contributed by atoms with Crippen molar-refractivity contribution in [1.82, 2.24) is 19.2 Å². The van der Waals surface area contributed by atoms with Gasteiger partial charge in [0.1, 0.15) is 17.3 Å². The molecule has 3 aromatic carbocycles. The third-order valence-corrected chi connectivity index (χ3v) is 11.4. The summed E-state index contributed by atoms with van der Waals surface area (Å²) in [4.78, 5) is 16.4. The van der Waals surface area contributed by atoms with E-state index in [1.807, 2.05) is 42.9 Å². The maximum atomic E-state index is 14.0. The monoisotopic (exact) mass is 740 g/mol. The summed E-state index contributed by atoms with van der Waals surface area (Å²) in [6, 6.07) is 14.5. The SMILES string of the molecule is CCOC(=O)c1c(CCCOc2cccc3cc(F)ccc23)c2ccc(Cl)c3c2n1C/C=C\CN(C)C(CCC1CCOCC1)c1nn(C)c(CC)c1-3. The molecule has 4 heterocycles. The Morgan fingerprint density at radius 2 is 1.79 bits per heavy atom. The second kappa shape index (κ2) is 16.5. The minimum Gasteiger partial charge on any atom is -0.493 e. The van der Waals surface area contributed by atoms with Crippen LogP contribution in [-0.2, 0) is 35.9 Å². The number of halogens is 2. The lowest BCUT2D eigenvalue weighted by atomic mass is 9.89. The minimum absolute atomic E-state index is 0.0727. The van der Waals surface area contributed by atoms with E-state index in [4.69, 9.17) is 30.9 Å². The van der Waals surface area contributed by atoms with Crippen LogP contribution in [0, 0.1) is 11.7 Å². The van der Waals surface area contributed by atoms with Crippen LogP contribution in [0.25, 0.3) is 32.8 Å². The molecule has 7 rings (SSSR count). The molecule has 0 saturated carbocycles. The summed E-state index contributed by atoms with van der Waals surface area (Å²) in [6.45, 7) is 7.57. The van der Waals surface area contributed by atoms with Crippen molar-refractivity contribution < 1.29 is 23.4 Å². The molecule has 2 aromatic heterocycles. The summed E-state index contributed by atoms with van der Waals surface area (Å²) in [5, 5.41) is 8.52. The van der Waals surface area contributed by atoms with Gasteiger partial charge in [0.2, 0.25) is 0 Å². The Morgan fingerprint density at radius 1 is 1.00 bits per heavy atom. The van der Waals surface area contributed by atoms with Crippen molar-refractivity contribution in [1.29, 1.82) is 0 Å². The van der Waals surface area contributed by atoms with Gasteiger partial charge < -0.3 is 18.8 Å². The molecule has 0 amide bonds. The maximum absolute atomic E-state index is 14.0. The smallest absolute Gasteiger partial charge is 0.355 e. The molecule has 0 spiro atoms. The zero-order chi connectivity index (χ0) is 37.1. The lowest BCUT2D eigenvalue weighted by Gasteiger charge is -2.29. The predicted molar refractivity (Wildman–Crippen MR) is 209 cm³/mol. The topological polar surface area (TPSA) is 70.8 Å². The molecule has 2 aliphatic heterocycles. The quantitative estimate of drug-likeness (QED) is 0.0764. The Hall–Kier alpha value is -4.18. The second-order valence-electron chi connectivity index (χ2n) is 14.3. The summed E-state index contributed by atoms with van der Waals surface area (Å²) < 4.78 is 35.8. The average Bonchev–Trinajstić information content (AvgIpc) is 3.64. The summed E-state index contributed by atoms with van der Waals surface area (Å²) in [7, 11) is 4.21. The van der Waals surface area contributed by atoms with Crippen LogP contribution in [0.4, 0.5) is 4.39 Å². The van der Waals surface area contributed by atoms with Gasteiger partial charge in [-0.3, -0.25) is 9.58 Å². The van der Waals surface area contributed by atoms with Crippen LogP contribution < -0.4 is 4.74 Å². The van der Waals surface area contributed by atoms with Crippen LogP contribution in [0.2, 0.25) is 5.02 Å². The van der Waals surface area contributed by atoms with Crippen molar-refractivity contribution in [3.63, 3.8) is 0 Å². The number of benzene rings is 3. The van der Waals surface area contributed by atoms with Crippen LogP contribution >= 0.6 is 11.6 Å². The first-order valence-electron chi connectivity index (χ1n) is 19.1. The molecule has 1 fully saturated rings. The number of rotatable bonds is 11. The number of fused-ring (bicyclic) bond motifs is 3. The van der Waals surface area contributed by atoms with E-state index in [0.29, 0.717) is 48.4 Å². The summed E-state index contributed by atoms with van der Waals surface area (Å²) in [5.41, 5.74) is 6.51. The predicted octanol–water partition coefficient (Wildman–Crippen LogP) is 9.49. The Balaban J connectivity index is 1.33. The molecular formula is C43H50ClFN4O4. The van der Waals surface area contributed by atoms with Crippen LogP contribution in [0.1, 0.15) is 79.4 Å². The normalized spacial score (nSPS) is 17.5. The highest BCUT2D eigenvalue weighted by Crippen LogP contribution is 2.45. The van der Waals surface area contributed by atoms with Crippen molar-refractivity contribution in [2.45, 2.75) is 71.4 Å². The van der Waals surface area contributed by atoms with Gasteiger partial charge in [-0.1, -0.05) is 48.9 Å². The van der Waals surface area contributed by atoms with Crippen LogP contribution in [0.3, 0.4) is 0 Å². The molecule has 0 aliphatic carbocycles. The number of likely N-dealkylation sites (N-methyl/N-ethyl adjacent to an activating group) is 1. The summed E-state index contributed by atoms with van der Waals surface area (Å²) in [6.07, 6.45) is 10.6. The molecule has 53 heavy (non-hydrogen) atoms. The molecule has 1 unspecified atom stereocenters. The first-order valence-corrected chi connectivity index (χ1v) is 19.5. The van der Waals surface area contributed by atoms with E-state index >= 15 is 0 Å². The largest absolute Gasteiger partial charge is 0.493 e. The highest BCUT2D eigenvalue weighted by molar-refractivity contribution is 6.35. The number of esters is 1. The molecule has 0 radical (unpaired) electrons. The average molecular weight is 741 g/mol. The van der Waals surface area contributed by atoms with Gasteiger partial charge in [-0.15, -0.1) is 0 Å². The van der Waals surface area contributed by atoms with Crippen molar-refractivity contribution >= 4 is 39.2 Å². The number of carbonyl (C=O) groups excluding carboxylic acids is 1. The molecular weight excluding hydrogens is 691 g/mol. The lowest BCUT2D eigenvalue weighted by molar-refractivity contribution is 0.0513. The van der Waals surface area contributed by atoms with Crippen LogP contribution in [-0.4, -0.2) is 65.2 Å². The number of nitrogens with zero attached hydrogens (tertiary/aromatic N) is 4. The fraction of sp³-hybridized carbons (Fsp3) is 0.442. The van der Waals surface area contributed by atoms with Crippen molar-refractivity contribution in [2.24, 2.45) is 13.0 Å². The molecule has 5 aromatic rings. The Kier molecular flexibility index (Phi) is 11.5. The highest BCUT2D eigenvalue weighted by Gasteiger charge is 2.33. The van der Waals surface area contributed by atoms with Gasteiger partial charge in [0, 0.05) is 60.9 Å². The molecule has 0 bridgehead atoms. The molecule has 0 N–H and O–H groups in total. The molecule has 2 aliphatic rings. The van der Waals surface area contributed by atoms with Gasteiger partial charge in [0.15, 0.2) is 0 Å². The zero-order valence-corrected chi connectivity index (χ0v) is 32.1. The number of hydrogen-bond donors (Lipinski definition) is 0. The van der Waals surface area contributed by atoms with Crippen molar-refractivity contribution in [2.75, 3.05) is 40.0 Å². The Morgan fingerprint density at radius 3 is 2.58 bits per heavy atom. The van der Waals surface area contributed by atoms with Crippen molar-refractivity contribution in [3.05, 3.63) is 94.2 Å². The third-order valence-electron chi connectivity index (χ3n) is 11.0. The Bertz CT molecular complexity index is 2130. The first-order chi connectivity index (χ1) is 25.8. The molecule has 1 atom stereocenters. The molecule has 10 heteroatoms. The van der Waals surface area contributed by atoms with Gasteiger partial charge in [-0.2, -0.15) is 5.10 Å². The van der Waals surface area contributed by atoms with E-state index in [1.54, 1.807) is 6.07 Å². The second-order valence-corrected chi connectivity index (χ2v) is 14.7. The number of aryl methyl sites for hydroxylation is 2. The third kappa shape index (κ3) is 7.48. The maximum Gasteiger partial charge on any atom is 0.355 e. The van der Waals surface area contributed by atoms with Crippen LogP contribution in [0.15, 0.2) is 60.7 Å². The number of hydrogen-bond acceptors (Lipinski definition) is 6. The van der Waals surface area contributed by atoms with Gasteiger partial charge in [-0.25, -0.2) is 9.18 Å². The van der Waals surface area contributed by atoms with Gasteiger partial charge in [0.05, 0.1) is 35.5 Å². The molecule has 1 saturated heterocycles. The zero-order valence-electron chi connectivity index (χ0n) is 31.3. The van der Waals surface area contributed by atoms with Gasteiger partial charge in [0.25, 0.3) is 0 Å². The number of ether oxygens (including phenoxy) is 3. The number of allylic oxidation sites excluding steroid dienone is 1. The van der Waals surface area contributed by atoms with Gasteiger partial charge in [-0.05, 0) is 106 Å². The Labute approximate surface area is 316 Å².